The van der Waals surface area contributed by atoms with Gasteiger partial charge in [-0.05, 0) is 42.0 Å². The van der Waals surface area contributed by atoms with Crippen molar-refractivity contribution >= 4 is 11.8 Å². The summed E-state index contributed by atoms with van der Waals surface area (Å²) >= 11 is 0. The van der Waals surface area contributed by atoms with Crippen molar-refractivity contribution in [2.24, 2.45) is 5.73 Å². The van der Waals surface area contributed by atoms with Gasteiger partial charge < -0.3 is 24.8 Å². The number of nitrogens with zero attached hydrogens (tertiary/aromatic N) is 2. The summed E-state index contributed by atoms with van der Waals surface area (Å²) in [5.74, 6) is 0.330. The third-order valence-electron chi connectivity index (χ3n) is 5.73. The zero-order chi connectivity index (χ0) is 28.4. The standard InChI is InChI=1S/C26H19F6N3O4/c27-25(28,29)21-10-17(7-6-16(21)12-33)35-13-19(38-23(35)26(30,31)32)14-37-18-8-9-22(39-24(34)36)20(11-18)15-4-2-1-3-5-15/h1-11,19,23H,13-14H2,(H2,34,36)/t19-,23+/m0/s1. The molecule has 0 spiro atoms. The zero-order valence-corrected chi connectivity index (χ0v) is 19.8. The molecule has 1 amide bonds. The van der Waals surface area contributed by atoms with Crippen LogP contribution in [-0.2, 0) is 10.9 Å². The number of nitriles is 1. The van der Waals surface area contributed by atoms with Gasteiger partial charge in [0, 0.05) is 11.3 Å². The van der Waals surface area contributed by atoms with Crippen molar-refractivity contribution in [2.75, 3.05) is 18.1 Å². The lowest BCUT2D eigenvalue weighted by molar-refractivity contribution is -0.215. The van der Waals surface area contributed by atoms with Gasteiger partial charge >= 0.3 is 18.4 Å². The molecule has 1 aliphatic heterocycles. The van der Waals surface area contributed by atoms with Gasteiger partial charge in [-0.3, -0.25) is 0 Å². The van der Waals surface area contributed by atoms with Crippen LogP contribution in [0, 0.1) is 11.3 Å². The maximum absolute atomic E-state index is 13.8. The molecule has 7 nitrogen and oxygen atoms in total. The van der Waals surface area contributed by atoms with Gasteiger partial charge in [-0.25, -0.2) is 4.79 Å². The van der Waals surface area contributed by atoms with Crippen molar-refractivity contribution in [1.82, 2.24) is 0 Å². The highest BCUT2D eigenvalue weighted by molar-refractivity contribution is 5.77. The van der Waals surface area contributed by atoms with E-state index in [0.717, 1.165) is 12.1 Å². The van der Waals surface area contributed by atoms with E-state index in [2.05, 4.69) is 0 Å². The third-order valence-corrected chi connectivity index (χ3v) is 5.73. The van der Waals surface area contributed by atoms with E-state index in [1.165, 1.54) is 24.3 Å². The van der Waals surface area contributed by atoms with Crippen LogP contribution < -0.4 is 20.1 Å². The molecule has 0 aromatic heterocycles. The molecule has 3 aromatic rings. The van der Waals surface area contributed by atoms with Gasteiger partial charge in [0.25, 0.3) is 0 Å². The Balaban J connectivity index is 1.57. The maximum atomic E-state index is 13.8. The van der Waals surface area contributed by atoms with E-state index in [1.807, 2.05) is 0 Å². The van der Waals surface area contributed by atoms with Crippen LogP contribution in [0.15, 0.2) is 66.7 Å². The van der Waals surface area contributed by atoms with Crippen LogP contribution in [0.1, 0.15) is 11.1 Å². The molecule has 0 bridgehead atoms. The molecule has 1 saturated heterocycles. The summed E-state index contributed by atoms with van der Waals surface area (Å²) in [5.41, 5.74) is 3.71. The van der Waals surface area contributed by atoms with E-state index >= 15 is 0 Å². The second kappa shape index (κ2) is 10.7. The largest absolute Gasteiger partial charge is 0.491 e. The third kappa shape index (κ3) is 6.35. The highest BCUT2D eigenvalue weighted by Crippen LogP contribution is 2.39. The number of alkyl halides is 6. The van der Waals surface area contributed by atoms with Crippen LogP contribution in [-0.4, -0.2) is 37.8 Å². The van der Waals surface area contributed by atoms with Crippen molar-refractivity contribution in [2.45, 2.75) is 24.7 Å². The van der Waals surface area contributed by atoms with Gasteiger partial charge in [0.15, 0.2) is 0 Å². The number of halogens is 6. The molecule has 0 aliphatic carbocycles. The predicted molar refractivity (Wildman–Crippen MR) is 126 cm³/mol. The van der Waals surface area contributed by atoms with Crippen LogP contribution in [0.2, 0.25) is 0 Å². The van der Waals surface area contributed by atoms with E-state index in [9.17, 15) is 31.1 Å². The summed E-state index contributed by atoms with van der Waals surface area (Å²) < 4.78 is 97.3. The summed E-state index contributed by atoms with van der Waals surface area (Å²) in [6.45, 7) is -0.822. The molecule has 0 unspecified atom stereocenters. The first-order chi connectivity index (χ1) is 18.4. The maximum Gasteiger partial charge on any atom is 0.433 e. The Labute approximate surface area is 217 Å². The number of primary amides is 1. The molecule has 204 valence electrons. The number of rotatable bonds is 6. The quantitative estimate of drug-likeness (QED) is 0.385. The fraction of sp³-hybridized carbons (Fsp3) is 0.231. The molecule has 4 rings (SSSR count). The van der Waals surface area contributed by atoms with Gasteiger partial charge in [0.2, 0.25) is 6.23 Å². The van der Waals surface area contributed by atoms with Crippen LogP contribution in [0.5, 0.6) is 11.5 Å². The Kier molecular flexibility index (Phi) is 7.60. The summed E-state index contributed by atoms with van der Waals surface area (Å²) in [6.07, 6.45) is -14.6. The van der Waals surface area contributed by atoms with Crippen molar-refractivity contribution in [3.63, 3.8) is 0 Å². The molecule has 0 saturated carbocycles. The fourth-order valence-corrected chi connectivity index (χ4v) is 4.07. The minimum atomic E-state index is -4.95. The minimum Gasteiger partial charge on any atom is -0.491 e. The van der Waals surface area contributed by atoms with Gasteiger partial charge in [-0.2, -0.15) is 31.6 Å². The Bertz CT molecular complexity index is 1390. The van der Waals surface area contributed by atoms with Crippen LogP contribution in [0.4, 0.5) is 36.8 Å². The Hall–Kier alpha value is -4.44. The molecule has 3 aromatic carbocycles. The first-order valence-corrected chi connectivity index (χ1v) is 11.3. The first-order valence-electron chi connectivity index (χ1n) is 11.3. The predicted octanol–water partition coefficient (Wildman–Crippen LogP) is 5.87. The van der Waals surface area contributed by atoms with Crippen molar-refractivity contribution in [3.8, 4) is 28.7 Å². The topological polar surface area (TPSA) is 97.8 Å². The zero-order valence-electron chi connectivity index (χ0n) is 19.8. The van der Waals surface area contributed by atoms with E-state index in [4.69, 9.17) is 25.2 Å². The number of benzene rings is 3. The number of carbonyl (C=O) groups excluding carboxylic acids is 1. The number of carbonyl (C=O) groups is 1. The molecular weight excluding hydrogens is 532 g/mol. The fourth-order valence-electron chi connectivity index (χ4n) is 4.07. The van der Waals surface area contributed by atoms with Gasteiger partial charge in [0.1, 0.15) is 24.2 Å². The Morgan fingerprint density at radius 3 is 2.38 bits per heavy atom. The van der Waals surface area contributed by atoms with Crippen LogP contribution >= 0.6 is 0 Å². The van der Waals surface area contributed by atoms with E-state index in [0.29, 0.717) is 22.1 Å². The molecule has 39 heavy (non-hydrogen) atoms. The molecule has 13 heteroatoms. The lowest BCUT2D eigenvalue weighted by Gasteiger charge is -2.27. The summed E-state index contributed by atoms with van der Waals surface area (Å²) in [5, 5.41) is 8.98. The average molecular weight is 551 g/mol. The second-order valence-corrected chi connectivity index (χ2v) is 8.40. The lowest BCUT2D eigenvalue weighted by Crippen LogP contribution is -2.42. The van der Waals surface area contributed by atoms with E-state index < -0.39 is 54.1 Å². The van der Waals surface area contributed by atoms with Gasteiger partial charge in [0.05, 0.1) is 23.7 Å². The summed E-state index contributed by atoms with van der Waals surface area (Å²) in [7, 11) is 0. The second-order valence-electron chi connectivity index (χ2n) is 8.40. The number of hydrogen-bond donors (Lipinski definition) is 1. The van der Waals surface area contributed by atoms with Crippen molar-refractivity contribution < 1.29 is 45.3 Å². The number of anilines is 1. The number of nitrogens with two attached hydrogens (primary N) is 1. The molecule has 1 fully saturated rings. The van der Waals surface area contributed by atoms with Crippen molar-refractivity contribution in [1.29, 1.82) is 5.26 Å². The normalized spacial score (nSPS) is 17.5. The Morgan fingerprint density at radius 1 is 1.05 bits per heavy atom. The van der Waals surface area contributed by atoms with Crippen LogP contribution in [0.3, 0.4) is 0 Å². The SMILES string of the molecule is N#Cc1ccc(N2C[C@@H](COc3ccc(OC(N)=O)c(-c4ccccc4)c3)O[C@@H]2C(F)(F)F)cc1C(F)(F)F. The molecule has 1 aliphatic rings. The highest BCUT2D eigenvalue weighted by Gasteiger charge is 2.51. The Morgan fingerprint density at radius 2 is 1.77 bits per heavy atom. The van der Waals surface area contributed by atoms with Crippen molar-refractivity contribution in [3.05, 3.63) is 77.9 Å². The highest BCUT2D eigenvalue weighted by atomic mass is 19.4. The summed E-state index contributed by atoms with van der Waals surface area (Å²) in [4.78, 5) is 11.9. The molecule has 1 heterocycles. The average Bonchev–Trinajstić information content (AvgIpc) is 3.32. The number of amides is 1. The molecule has 0 radical (unpaired) electrons. The van der Waals surface area contributed by atoms with Gasteiger partial charge in [-0.15, -0.1) is 0 Å². The van der Waals surface area contributed by atoms with E-state index in [1.54, 1.807) is 30.3 Å². The first kappa shape index (κ1) is 27.6. The van der Waals surface area contributed by atoms with E-state index in [-0.39, 0.29) is 18.1 Å². The summed E-state index contributed by atoms with van der Waals surface area (Å²) in [6, 6.07) is 16.7. The smallest absolute Gasteiger partial charge is 0.433 e. The molecule has 2 N–H and O–H groups in total. The molecule has 2 atom stereocenters. The number of ether oxygens (including phenoxy) is 3. The van der Waals surface area contributed by atoms with Crippen LogP contribution in [0.25, 0.3) is 11.1 Å². The van der Waals surface area contributed by atoms with Gasteiger partial charge in [-0.1, -0.05) is 30.3 Å². The molecular formula is C26H19F6N3O4. The monoisotopic (exact) mass is 551 g/mol. The minimum absolute atomic E-state index is 0.128. The lowest BCUT2D eigenvalue weighted by atomic mass is 10.0. The number of hydrogen-bond acceptors (Lipinski definition) is 6.